The zero-order valence-electron chi connectivity index (χ0n) is 4.49. The van der Waals surface area contributed by atoms with Crippen molar-refractivity contribution >= 4 is 51.0 Å². The van der Waals surface area contributed by atoms with E-state index < -0.39 is 0 Å². The van der Waals surface area contributed by atoms with Gasteiger partial charge in [-0.2, -0.15) is 0 Å². The average molecular weight is 338 g/mol. The van der Waals surface area contributed by atoms with Gasteiger partial charge in [-0.05, 0) is 10.8 Å². The predicted octanol–water partition coefficient (Wildman–Crippen LogP) is 2.21. The van der Waals surface area contributed by atoms with Crippen LogP contribution < -0.4 is 0 Å². The first-order chi connectivity index (χ1) is 3.81. The van der Waals surface area contributed by atoms with Crippen LogP contribution in [0, 0.1) is 0 Å². The summed E-state index contributed by atoms with van der Waals surface area (Å²) >= 11 is 4.38. The number of ketones is 1. The van der Waals surface area contributed by atoms with Gasteiger partial charge >= 0.3 is 0 Å². The molecule has 0 aromatic heterocycles. The lowest BCUT2D eigenvalue weighted by molar-refractivity contribution is -0.116. The predicted molar refractivity (Wildman–Crippen MR) is 52.0 cm³/mol. The van der Waals surface area contributed by atoms with E-state index in [0.717, 1.165) is 17.3 Å². The Hall–Kier alpha value is 1.13. The van der Waals surface area contributed by atoms with E-state index in [0.29, 0.717) is 10.2 Å². The van der Waals surface area contributed by atoms with Gasteiger partial charge in [0.2, 0.25) is 0 Å². The molecule has 0 saturated heterocycles. The topological polar surface area (TPSA) is 17.1 Å². The molecule has 0 radical (unpaired) electrons. The molecule has 0 aliphatic rings. The van der Waals surface area contributed by atoms with E-state index in [2.05, 4.69) is 45.2 Å². The first kappa shape index (κ1) is 9.13. The van der Waals surface area contributed by atoms with Crippen molar-refractivity contribution in [2.45, 2.75) is 12.8 Å². The fourth-order valence-electron chi connectivity index (χ4n) is 0.331. The van der Waals surface area contributed by atoms with Crippen LogP contribution in [-0.4, -0.2) is 14.6 Å². The zero-order valence-corrected chi connectivity index (χ0v) is 8.81. The van der Waals surface area contributed by atoms with E-state index in [4.69, 9.17) is 0 Å². The highest BCUT2D eigenvalue weighted by atomic mass is 127. The fourth-order valence-corrected chi connectivity index (χ4v) is 1.09. The molecular formula is C5H8I2O. The summed E-state index contributed by atoms with van der Waals surface area (Å²) in [5.41, 5.74) is 0. The van der Waals surface area contributed by atoms with Gasteiger partial charge in [0.05, 0.1) is 4.43 Å². The summed E-state index contributed by atoms with van der Waals surface area (Å²) in [6.45, 7) is 0. The van der Waals surface area contributed by atoms with E-state index >= 15 is 0 Å². The van der Waals surface area contributed by atoms with Gasteiger partial charge in [0.15, 0.2) is 0 Å². The second kappa shape index (κ2) is 6.25. The van der Waals surface area contributed by atoms with Gasteiger partial charge in [-0.1, -0.05) is 45.2 Å². The van der Waals surface area contributed by atoms with E-state index in [1.165, 1.54) is 0 Å². The van der Waals surface area contributed by atoms with Crippen LogP contribution in [0.15, 0.2) is 0 Å². The van der Waals surface area contributed by atoms with Crippen molar-refractivity contribution in [2.75, 3.05) is 8.86 Å². The van der Waals surface area contributed by atoms with Crippen LogP contribution in [0.3, 0.4) is 0 Å². The third-order valence-electron chi connectivity index (χ3n) is 0.738. The Morgan fingerprint density at radius 3 is 2.38 bits per heavy atom. The molecule has 0 bridgehead atoms. The second-order valence-electron chi connectivity index (χ2n) is 1.46. The molecule has 48 valence electrons. The van der Waals surface area contributed by atoms with Crippen molar-refractivity contribution in [3.8, 4) is 0 Å². The fraction of sp³-hybridized carbons (Fsp3) is 0.800. The molecule has 3 heteroatoms. The van der Waals surface area contributed by atoms with Gasteiger partial charge in [0.25, 0.3) is 0 Å². The van der Waals surface area contributed by atoms with E-state index in [1.807, 2.05) is 0 Å². The number of hydrogen-bond donors (Lipinski definition) is 0. The minimum Gasteiger partial charge on any atom is -0.299 e. The van der Waals surface area contributed by atoms with Crippen LogP contribution in [0.4, 0.5) is 0 Å². The molecule has 0 heterocycles. The molecule has 0 unspecified atom stereocenters. The normalized spacial score (nSPS) is 9.25. The van der Waals surface area contributed by atoms with Gasteiger partial charge in [-0.3, -0.25) is 4.79 Å². The van der Waals surface area contributed by atoms with Crippen LogP contribution in [0.2, 0.25) is 0 Å². The molecule has 0 fully saturated rings. The van der Waals surface area contributed by atoms with Crippen LogP contribution in [0.1, 0.15) is 12.8 Å². The maximum Gasteiger partial charge on any atom is 0.142 e. The summed E-state index contributed by atoms with van der Waals surface area (Å²) < 4.78 is 1.77. The molecule has 0 saturated carbocycles. The Labute approximate surface area is 76.9 Å². The maximum absolute atomic E-state index is 10.6. The maximum atomic E-state index is 10.6. The van der Waals surface area contributed by atoms with Crippen molar-refractivity contribution in [3.05, 3.63) is 0 Å². The second-order valence-corrected chi connectivity index (χ2v) is 3.31. The molecule has 8 heavy (non-hydrogen) atoms. The van der Waals surface area contributed by atoms with Crippen molar-refractivity contribution in [2.24, 2.45) is 0 Å². The number of hydrogen-bond acceptors (Lipinski definition) is 1. The quantitative estimate of drug-likeness (QED) is 0.568. The summed E-state index contributed by atoms with van der Waals surface area (Å²) in [7, 11) is 0. The largest absolute Gasteiger partial charge is 0.299 e. The lowest BCUT2D eigenvalue weighted by atomic mass is 10.3. The summed E-state index contributed by atoms with van der Waals surface area (Å²) in [4.78, 5) is 10.6. The number of alkyl halides is 2. The van der Waals surface area contributed by atoms with Crippen molar-refractivity contribution in [3.63, 3.8) is 0 Å². The molecule has 0 amide bonds. The van der Waals surface area contributed by atoms with E-state index in [1.54, 1.807) is 0 Å². The number of Topliss-reactive ketones (excluding diaryl/α,β-unsaturated/α-hetero) is 1. The van der Waals surface area contributed by atoms with Gasteiger partial charge in [0.1, 0.15) is 5.78 Å². The number of halogens is 2. The minimum atomic E-state index is 0.377. The summed E-state index contributed by atoms with van der Waals surface area (Å²) in [6.07, 6.45) is 1.81. The SMILES string of the molecule is O=C(CI)CCCI. The number of carbonyl (C=O) groups excluding carboxylic acids is 1. The molecule has 0 aliphatic carbocycles. The first-order valence-corrected chi connectivity index (χ1v) is 5.50. The molecule has 0 atom stereocenters. The van der Waals surface area contributed by atoms with Gasteiger partial charge in [-0.15, -0.1) is 0 Å². The Balaban J connectivity index is 2.99. The number of carbonyl (C=O) groups is 1. The molecule has 1 nitrogen and oxygen atoms in total. The highest BCUT2D eigenvalue weighted by Crippen LogP contribution is 1.97. The van der Waals surface area contributed by atoms with Gasteiger partial charge in [0, 0.05) is 6.42 Å². The smallest absolute Gasteiger partial charge is 0.142 e. The molecule has 0 aliphatic heterocycles. The highest BCUT2D eigenvalue weighted by molar-refractivity contribution is 14.1. The molecule has 0 spiro atoms. The summed E-state index contributed by atoms with van der Waals surface area (Å²) in [6, 6.07) is 0. The summed E-state index contributed by atoms with van der Waals surface area (Å²) in [5, 5.41) is 0. The Kier molecular flexibility index (Phi) is 7.14. The molecule has 0 aromatic carbocycles. The Morgan fingerprint density at radius 2 is 2.00 bits per heavy atom. The summed E-state index contributed by atoms with van der Waals surface area (Å²) in [5.74, 6) is 0.377. The lowest BCUT2D eigenvalue weighted by Gasteiger charge is -1.89. The molecular weight excluding hydrogens is 330 g/mol. The highest BCUT2D eigenvalue weighted by Gasteiger charge is 1.95. The van der Waals surface area contributed by atoms with Gasteiger partial charge in [-0.25, -0.2) is 0 Å². The Bertz CT molecular complexity index is 72.8. The zero-order chi connectivity index (χ0) is 6.41. The van der Waals surface area contributed by atoms with Gasteiger partial charge < -0.3 is 0 Å². The van der Waals surface area contributed by atoms with Crippen molar-refractivity contribution < 1.29 is 4.79 Å². The van der Waals surface area contributed by atoms with E-state index in [-0.39, 0.29) is 0 Å². The van der Waals surface area contributed by atoms with Crippen LogP contribution in [-0.2, 0) is 4.79 Å². The first-order valence-electron chi connectivity index (χ1n) is 2.45. The van der Waals surface area contributed by atoms with E-state index in [9.17, 15) is 4.79 Å². The van der Waals surface area contributed by atoms with Crippen LogP contribution >= 0.6 is 45.2 Å². The molecule has 0 aromatic rings. The monoisotopic (exact) mass is 338 g/mol. The molecule has 0 N–H and O–H groups in total. The minimum absolute atomic E-state index is 0.377. The van der Waals surface area contributed by atoms with Crippen molar-refractivity contribution in [1.82, 2.24) is 0 Å². The average Bonchev–Trinajstić information content (AvgIpc) is 1.83. The number of rotatable bonds is 4. The van der Waals surface area contributed by atoms with Crippen molar-refractivity contribution in [1.29, 1.82) is 0 Å². The third-order valence-corrected chi connectivity index (χ3v) is 2.35. The van der Waals surface area contributed by atoms with Crippen LogP contribution in [0.25, 0.3) is 0 Å². The lowest BCUT2D eigenvalue weighted by Crippen LogP contribution is -1.97. The molecule has 0 rings (SSSR count). The third kappa shape index (κ3) is 5.27. The standard InChI is InChI=1S/C5H8I2O/c6-3-1-2-5(8)4-7/h1-4H2. The Morgan fingerprint density at radius 1 is 1.38 bits per heavy atom. The van der Waals surface area contributed by atoms with Crippen LogP contribution in [0.5, 0.6) is 0 Å².